The molecule has 0 atom stereocenters. The van der Waals surface area contributed by atoms with Crippen LogP contribution in [0.2, 0.25) is 0 Å². The second kappa shape index (κ2) is 13.3. The Morgan fingerprint density at radius 3 is 2.39 bits per heavy atom. The third-order valence-electron chi connectivity index (χ3n) is 3.19. The van der Waals surface area contributed by atoms with E-state index in [2.05, 4.69) is 31.0 Å². The number of likely N-dealkylation sites (N-methyl/N-ethyl adjacent to an activating group) is 1. The van der Waals surface area contributed by atoms with Crippen molar-refractivity contribution < 1.29 is 4.74 Å². The predicted octanol–water partition coefficient (Wildman–Crippen LogP) is 2.76. The van der Waals surface area contributed by atoms with Gasteiger partial charge in [0.1, 0.15) is 0 Å². The smallest absolute Gasteiger partial charge is 0.0589 e. The Labute approximate surface area is 114 Å². The number of hydrogen-bond acceptors (Lipinski definition) is 3. The number of unbranched alkanes of at least 4 members (excludes halogenated alkanes) is 3. The number of hydrogen-bond donors (Lipinski definition) is 1. The molecule has 1 N–H and O–H groups in total. The SMILES string of the molecule is CCN(CCCCCCNCC(C)C)CCOC. The molecular weight excluding hydrogens is 224 g/mol. The maximum absolute atomic E-state index is 5.12. The van der Waals surface area contributed by atoms with E-state index >= 15 is 0 Å². The second-order valence-electron chi connectivity index (χ2n) is 5.44. The van der Waals surface area contributed by atoms with Crippen molar-refractivity contribution in [2.45, 2.75) is 46.5 Å². The van der Waals surface area contributed by atoms with Crippen molar-refractivity contribution in [1.82, 2.24) is 10.2 Å². The number of nitrogens with zero attached hydrogens (tertiary/aromatic N) is 1. The van der Waals surface area contributed by atoms with Crippen LogP contribution in [0, 0.1) is 5.92 Å². The van der Waals surface area contributed by atoms with Crippen LogP contribution in [0.25, 0.3) is 0 Å². The highest BCUT2D eigenvalue weighted by Crippen LogP contribution is 2.01. The quantitative estimate of drug-likeness (QED) is 0.514. The van der Waals surface area contributed by atoms with Gasteiger partial charge >= 0.3 is 0 Å². The van der Waals surface area contributed by atoms with Crippen LogP contribution in [0.3, 0.4) is 0 Å². The number of ether oxygens (including phenoxy) is 1. The van der Waals surface area contributed by atoms with Gasteiger partial charge in [-0.15, -0.1) is 0 Å². The highest BCUT2D eigenvalue weighted by molar-refractivity contribution is 4.56. The average molecular weight is 258 g/mol. The van der Waals surface area contributed by atoms with E-state index in [1.165, 1.54) is 38.8 Å². The van der Waals surface area contributed by atoms with Crippen LogP contribution in [0.5, 0.6) is 0 Å². The maximum atomic E-state index is 5.12. The summed E-state index contributed by atoms with van der Waals surface area (Å²) in [7, 11) is 1.78. The minimum atomic E-state index is 0.767. The minimum absolute atomic E-state index is 0.767. The van der Waals surface area contributed by atoms with E-state index in [0.29, 0.717) is 0 Å². The van der Waals surface area contributed by atoms with Crippen LogP contribution >= 0.6 is 0 Å². The van der Waals surface area contributed by atoms with Gasteiger partial charge in [-0.25, -0.2) is 0 Å². The fraction of sp³-hybridized carbons (Fsp3) is 1.00. The standard InChI is InChI=1S/C15H34N2O/c1-5-17(12-13-18-4)11-9-7-6-8-10-16-14-15(2)3/h15-16H,5-14H2,1-4H3. The molecule has 0 aromatic rings. The Hall–Kier alpha value is -0.120. The van der Waals surface area contributed by atoms with Gasteiger partial charge in [0.15, 0.2) is 0 Å². The molecule has 0 amide bonds. The van der Waals surface area contributed by atoms with Crippen LogP contribution in [0.4, 0.5) is 0 Å². The first-order valence-corrected chi connectivity index (χ1v) is 7.62. The molecule has 0 aliphatic carbocycles. The normalized spacial score (nSPS) is 11.7. The molecule has 0 aromatic carbocycles. The summed E-state index contributed by atoms with van der Waals surface area (Å²) in [5.74, 6) is 0.767. The first-order valence-electron chi connectivity index (χ1n) is 7.62. The molecule has 0 rings (SSSR count). The van der Waals surface area contributed by atoms with Crippen molar-refractivity contribution in [2.75, 3.05) is 46.4 Å². The molecule has 3 nitrogen and oxygen atoms in total. The number of rotatable bonds is 13. The lowest BCUT2D eigenvalue weighted by molar-refractivity contribution is 0.149. The molecule has 3 heteroatoms. The summed E-state index contributed by atoms with van der Waals surface area (Å²) >= 11 is 0. The van der Waals surface area contributed by atoms with Crippen LogP contribution in [0.15, 0.2) is 0 Å². The molecule has 0 aliphatic rings. The van der Waals surface area contributed by atoms with E-state index < -0.39 is 0 Å². The van der Waals surface area contributed by atoms with Crippen LogP contribution < -0.4 is 5.32 Å². The molecule has 110 valence electrons. The Bertz CT molecular complexity index is 163. The second-order valence-corrected chi connectivity index (χ2v) is 5.44. The molecule has 0 saturated carbocycles. The van der Waals surface area contributed by atoms with Crippen LogP contribution in [-0.2, 0) is 4.74 Å². The van der Waals surface area contributed by atoms with Crippen molar-refractivity contribution in [3.63, 3.8) is 0 Å². The molecule has 0 heterocycles. The Morgan fingerprint density at radius 2 is 1.78 bits per heavy atom. The summed E-state index contributed by atoms with van der Waals surface area (Å²) in [5, 5.41) is 3.50. The van der Waals surface area contributed by atoms with E-state index in [1.807, 2.05) is 0 Å². The Balaban J connectivity index is 3.22. The summed E-state index contributed by atoms with van der Waals surface area (Å²) in [4.78, 5) is 2.47. The van der Waals surface area contributed by atoms with Gasteiger partial charge in [-0.2, -0.15) is 0 Å². The Morgan fingerprint density at radius 1 is 1.06 bits per heavy atom. The molecule has 0 unspecified atom stereocenters. The third kappa shape index (κ3) is 12.3. The van der Waals surface area contributed by atoms with Crippen LogP contribution in [0.1, 0.15) is 46.5 Å². The predicted molar refractivity (Wildman–Crippen MR) is 80.2 cm³/mol. The van der Waals surface area contributed by atoms with Crippen molar-refractivity contribution >= 4 is 0 Å². The summed E-state index contributed by atoms with van der Waals surface area (Å²) < 4.78 is 5.12. The van der Waals surface area contributed by atoms with Gasteiger partial charge in [-0.05, 0) is 44.9 Å². The van der Waals surface area contributed by atoms with E-state index in [4.69, 9.17) is 4.74 Å². The van der Waals surface area contributed by atoms with Gasteiger partial charge in [0, 0.05) is 13.7 Å². The zero-order valence-corrected chi connectivity index (χ0v) is 13.0. The summed E-state index contributed by atoms with van der Waals surface area (Å²) in [6, 6.07) is 0. The zero-order valence-electron chi connectivity index (χ0n) is 13.0. The molecule has 0 saturated heterocycles. The molecule has 0 spiro atoms. The monoisotopic (exact) mass is 258 g/mol. The van der Waals surface area contributed by atoms with Gasteiger partial charge < -0.3 is 15.0 Å². The molecular formula is C15H34N2O. The number of methoxy groups -OCH3 is 1. The fourth-order valence-corrected chi connectivity index (χ4v) is 1.98. The fourth-order valence-electron chi connectivity index (χ4n) is 1.98. The Kier molecular flexibility index (Phi) is 13.2. The van der Waals surface area contributed by atoms with E-state index in [1.54, 1.807) is 7.11 Å². The van der Waals surface area contributed by atoms with Gasteiger partial charge in [0.05, 0.1) is 6.61 Å². The van der Waals surface area contributed by atoms with Crippen molar-refractivity contribution in [2.24, 2.45) is 5.92 Å². The largest absolute Gasteiger partial charge is 0.383 e. The molecule has 0 aromatic heterocycles. The van der Waals surface area contributed by atoms with Crippen LogP contribution in [-0.4, -0.2) is 51.3 Å². The first-order chi connectivity index (χ1) is 8.70. The molecule has 0 bridgehead atoms. The molecule has 18 heavy (non-hydrogen) atoms. The van der Waals surface area contributed by atoms with E-state index in [9.17, 15) is 0 Å². The van der Waals surface area contributed by atoms with Crippen molar-refractivity contribution in [3.8, 4) is 0 Å². The summed E-state index contributed by atoms with van der Waals surface area (Å²) in [6.07, 6.45) is 5.35. The highest BCUT2D eigenvalue weighted by atomic mass is 16.5. The van der Waals surface area contributed by atoms with Gasteiger partial charge in [0.2, 0.25) is 0 Å². The van der Waals surface area contributed by atoms with Gasteiger partial charge in [-0.3, -0.25) is 0 Å². The van der Waals surface area contributed by atoms with E-state index in [0.717, 1.165) is 32.2 Å². The average Bonchev–Trinajstić information content (AvgIpc) is 2.35. The lowest BCUT2D eigenvalue weighted by atomic mass is 10.1. The maximum Gasteiger partial charge on any atom is 0.0589 e. The molecule has 0 radical (unpaired) electrons. The molecule has 0 fully saturated rings. The summed E-state index contributed by atoms with van der Waals surface area (Å²) in [5.41, 5.74) is 0. The summed E-state index contributed by atoms with van der Waals surface area (Å²) in [6.45, 7) is 13.4. The third-order valence-corrected chi connectivity index (χ3v) is 3.19. The van der Waals surface area contributed by atoms with E-state index in [-0.39, 0.29) is 0 Å². The molecule has 0 aliphatic heterocycles. The number of nitrogens with one attached hydrogen (secondary N) is 1. The lowest BCUT2D eigenvalue weighted by Gasteiger charge is -2.19. The highest BCUT2D eigenvalue weighted by Gasteiger charge is 2.01. The minimum Gasteiger partial charge on any atom is -0.383 e. The van der Waals surface area contributed by atoms with Crippen molar-refractivity contribution in [3.05, 3.63) is 0 Å². The van der Waals surface area contributed by atoms with Gasteiger partial charge in [0.25, 0.3) is 0 Å². The van der Waals surface area contributed by atoms with Gasteiger partial charge in [-0.1, -0.05) is 33.6 Å². The first kappa shape index (κ1) is 17.9. The van der Waals surface area contributed by atoms with Crippen molar-refractivity contribution in [1.29, 1.82) is 0 Å². The topological polar surface area (TPSA) is 24.5 Å². The lowest BCUT2D eigenvalue weighted by Crippen LogP contribution is -2.28. The zero-order chi connectivity index (χ0) is 13.6.